The molecular formula is C9H10N8O3. The average molecular weight is 278 g/mol. The lowest BCUT2D eigenvalue weighted by Gasteiger charge is -2.08. The van der Waals surface area contributed by atoms with Crippen molar-refractivity contribution < 1.29 is 9.72 Å². The largest absolute Gasteiger partial charge is 0.345 e. The second kappa shape index (κ2) is 5.71. The molecule has 1 amide bonds. The number of nitrogens with two attached hydrogens (primary N) is 1. The zero-order chi connectivity index (χ0) is 14.5. The lowest BCUT2D eigenvalue weighted by Crippen LogP contribution is -2.25. The second-order valence-corrected chi connectivity index (χ2v) is 3.64. The van der Waals surface area contributed by atoms with Crippen LogP contribution in [0, 0.1) is 10.1 Å². The summed E-state index contributed by atoms with van der Waals surface area (Å²) in [5.41, 5.74) is 2.40. The van der Waals surface area contributed by atoms with E-state index >= 15 is 0 Å². The number of aromatic nitrogens is 4. The Morgan fingerprint density at radius 1 is 1.50 bits per heavy atom. The first kappa shape index (κ1) is 13.4. The summed E-state index contributed by atoms with van der Waals surface area (Å²) in [6, 6.07) is 3.72. The second-order valence-electron chi connectivity index (χ2n) is 3.64. The van der Waals surface area contributed by atoms with E-state index in [1.54, 1.807) is 0 Å². The number of nitro groups is 1. The number of hydrazine groups is 1. The summed E-state index contributed by atoms with van der Waals surface area (Å²) in [7, 11) is 0. The number of hydrogen-bond donors (Lipinski definition) is 4. The standard InChI is InChI=1S/C9H10N8O3/c10-12-7-2-1-5(17(19)20)3-6(7)9(18)11-4-8-13-15-16-14-8/h1-3,12H,4,10H2,(H,11,18)(H,13,14,15,16). The molecule has 1 aromatic carbocycles. The van der Waals surface area contributed by atoms with Gasteiger partial charge in [-0.25, -0.2) is 0 Å². The zero-order valence-corrected chi connectivity index (χ0v) is 10.0. The predicted octanol–water partition coefficient (Wildman–Crippen LogP) is -0.677. The molecule has 0 bridgehead atoms. The van der Waals surface area contributed by atoms with Crippen LogP contribution in [-0.4, -0.2) is 31.5 Å². The number of aromatic amines is 1. The summed E-state index contributed by atoms with van der Waals surface area (Å²) in [5.74, 6) is 5.00. The van der Waals surface area contributed by atoms with Crippen LogP contribution in [0.1, 0.15) is 16.2 Å². The fraction of sp³-hybridized carbons (Fsp3) is 0.111. The molecule has 11 heteroatoms. The lowest BCUT2D eigenvalue weighted by atomic mass is 10.1. The van der Waals surface area contributed by atoms with E-state index in [0.717, 1.165) is 6.07 Å². The number of anilines is 1. The van der Waals surface area contributed by atoms with E-state index in [0.29, 0.717) is 0 Å². The maximum Gasteiger partial charge on any atom is 0.270 e. The third-order valence-electron chi connectivity index (χ3n) is 2.41. The van der Waals surface area contributed by atoms with Gasteiger partial charge >= 0.3 is 0 Å². The molecule has 11 nitrogen and oxygen atoms in total. The van der Waals surface area contributed by atoms with Crippen molar-refractivity contribution >= 4 is 17.3 Å². The number of nitrogens with one attached hydrogen (secondary N) is 3. The minimum Gasteiger partial charge on any atom is -0.345 e. The van der Waals surface area contributed by atoms with Gasteiger partial charge < -0.3 is 10.7 Å². The van der Waals surface area contributed by atoms with E-state index in [9.17, 15) is 14.9 Å². The van der Waals surface area contributed by atoms with E-state index in [2.05, 4.69) is 31.4 Å². The molecule has 0 radical (unpaired) electrons. The minimum atomic E-state index is -0.601. The first-order chi connectivity index (χ1) is 9.61. The molecule has 0 saturated heterocycles. The number of amides is 1. The van der Waals surface area contributed by atoms with Crippen molar-refractivity contribution in [3.05, 3.63) is 39.7 Å². The van der Waals surface area contributed by atoms with Crippen LogP contribution in [0.4, 0.5) is 11.4 Å². The Balaban J connectivity index is 2.18. The number of nitrogen functional groups attached to an aromatic ring is 1. The maximum absolute atomic E-state index is 12.0. The van der Waals surface area contributed by atoms with Crippen LogP contribution in [0.3, 0.4) is 0 Å². The normalized spacial score (nSPS) is 10.1. The van der Waals surface area contributed by atoms with Crippen molar-refractivity contribution in [2.24, 2.45) is 5.84 Å². The van der Waals surface area contributed by atoms with Gasteiger partial charge in [-0.2, -0.15) is 5.21 Å². The Hall–Kier alpha value is -3.08. The summed E-state index contributed by atoms with van der Waals surface area (Å²) in [6.45, 7) is 0.0298. The third kappa shape index (κ3) is 2.84. The number of nitro benzene ring substituents is 1. The molecule has 0 aliphatic heterocycles. The van der Waals surface area contributed by atoms with Gasteiger partial charge in [0.25, 0.3) is 11.6 Å². The van der Waals surface area contributed by atoms with Gasteiger partial charge in [0.1, 0.15) is 0 Å². The highest BCUT2D eigenvalue weighted by molar-refractivity contribution is 6.00. The molecule has 0 spiro atoms. The number of non-ortho nitro benzene ring substituents is 1. The molecular weight excluding hydrogens is 268 g/mol. The number of nitrogens with zero attached hydrogens (tertiary/aromatic N) is 4. The number of rotatable bonds is 5. The van der Waals surface area contributed by atoms with Crippen molar-refractivity contribution in [2.75, 3.05) is 5.43 Å². The highest BCUT2D eigenvalue weighted by Gasteiger charge is 2.16. The number of carbonyl (C=O) groups is 1. The van der Waals surface area contributed by atoms with Crippen LogP contribution >= 0.6 is 0 Å². The molecule has 0 aliphatic carbocycles. The van der Waals surface area contributed by atoms with Crippen molar-refractivity contribution in [1.29, 1.82) is 0 Å². The highest BCUT2D eigenvalue weighted by atomic mass is 16.6. The first-order valence-electron chi connectivity index (χ1n) is 5.37. The van der Waals surface area contributed by atoms with Crippen LogP contribution in [-0.2, 0) is 6.54 Å². The van der Waals surface area contributed by atoms with E-state index in [1.165, 1.54) is 12.1 Å². The number of carbonyl (C=O) groups excluding carboxylic acids is 1. The maximum atomic E-state index is 12.0. The Morgan fingerprint density at radius 3 is 2.90 bits per heavy atom. The molecule has 2 rings (SSSR count). The lowest BCUT2D eigenvalue weighted by molar-refractivity contribution is -0.384. The molecule has 104 valence electrons. The van der Waals surface area contributed by atoms with Crippen LogP contribution in [0.15, 0.2) is 18.2 Å². The molecule has 20 heavy (non-hydrogen) atoms. The van der Waals surface area contributed by atoms with Gasteiger partial charge in [-0.15, -0.1) is 10.2 Å². The summed E-state index contributed by atoms with van der Waals surface area (Å²) >= 11 is 0. The fourth-order valence-corrected chi connectivity index (χ4v) is 1.47. The molecule has 0 unspecified atom stereocenters. The number of tetrazole rings is 1. The van der Waals surface area contributed by atoms with Crippen LogP contribution in [0.5, 0.6) is 0 Å². The average Bonchev–Trinajstić information content (AvgIpc) is 2.97. The molecule has 0 saturated carbocycles. The van der Waals surface area contributed by atoms with Gasteiger partial charge in [-0.1, -0.05) is 5.21 Å². The van der Waals surface area contributed by atoms with E-state index in [-0.39, 0.29) is 29.3 Å². The molecule has 0 aliphatic rings. The van der Waals surface area contributed by atoms with E-state index in [1.807, 2.05) is 0 Å². The van der Waals surface area contributed by atoms with Gasteiger partial charge in [-0.3, -0.25) is 20.8 Å². The molecule has 5 N–H and O–H groups in total. The smallest absolute Gasteiger partial charge is 0.270 e. The Kier molecular flexibility index (Phi) is 3.81. The quantitative estimate of drug-likeness (QED) is 0.317. The Labute approximate surface area is 111 Å². The van der Waals surface area contributed by atoms with Gasteiger partial charge in [0.05, 0.1) is 22.7 Å². The minimum absolute atomic E-state index is 0.0298. The molecule has 1 aromatic heterocycles. The van der Waals surface area contributed by atoms with E-state index < -0.39 is 10.8 Å². The predicted molar refractivity (Wildman–Crippen MR) is 66.3 cm³/mol. The molecule has 1 heterocycles. The summed E-state index contributed by atoms with van der Waals surface area (Å²) in [6.07, 6.45) is 0. The van der Waals surface area contributed by atoms with Gasteiger partial charge in [0, 0.05) is 12.1 Å². The molecule has 0 atom stereocenters. The fourth-order valence-electron chi connectivity index (χ4n) is 1.47. The summed E-state index contributed by atoms with van der Waals surface area (Å²) in [4.78, 5) is 22.1. The van der Waals surface area contributed by atoms with Crippen LogP contribution in [0.25, 0.3) is 0 Å². The van der Waals surface area contributed by atoms with Gasteiger partial charge in [-0.05, 0) is 6.07 Å². The SMILES string of the molecule is NNc1ccc([N+](=O)[O-])cc1C(=O)NCc1nn[nH]n1. The van der Waals surface area contributed by atoms with Crippen molar-refractivity contribution in [3.8, 4) is 0 Å². The number of benzene rings is 1. The summed E-state index contributed by atoms with van der Waals surface area (Å²) < 4.78 is 0. The molecule has 0 fully saturated rings. The Bertz CT molecular complexity index is 626. The summed E-state index contributed by atoms with van der Waals surface area (Å²) in [5, 5.41) is 26.1. The Morgan fingerprint density at radius 2 is 2.30 bits per heavy atom. The highest BCUT2D eigenvalue weighted by Crippen LogP contribution is 2.21. The van der Waals surface area contributed by atoms with E-state index in [4.69, 9.17) is 5.84 Å². The first-order valence-corrected chi connectivity index (χ1v) is 5.37. The topological polar surface area (TPSA) is 165 Å². The van der Waals surface area contributed by atoms with Crippen LogP contribution < -0.4 is 16.6 Å². The van der Waals surface area contributed by atoms with Gasteiger partial charge in [0.15, 0.2) is 5.82 Å². The third-order valence-corrected chi connectivity index (χ3v) is 2.41. The monoisotopic (exact) mass is 278 g/mol. The van der Waals surface area contributed by atoms with Gasteiger partial charge in [0.2, 0.25) is 0 Å². The van der Waals surface area contributed by atoms with Crippen molar-refractivity contribution in [2.45, 2.75) is 6.54 Å². The van der Waals surface area contributed by atoms with Crippen LogP contribution in [0.2, 0.25) is 0 Å². The molecule has 2 aromatic rings. The van der Waals surface area contributed by atoms with Crippen molar-refractivity contribution in [1.82, 2.24) is 25.9 Å². The number of hydrogen-bond acceptors (Lipinski definition) is 8. The van der Waals surface area contributed by atoms with Crippen molar-refractivity contribution in [3.63, 3.8) is 0 Å². The number of H-pyrrole nitrogens is 1. The zero-order valence-electron chi connectivity index (χ0n) is 10.0.